The number of rotatable bonds is 6. The SMILES string of the molecule is Cc1nnc(C(=O)N[C@@]23CC[C@]4(C)C(=C2C(C(C)C)C(=O)C3)CCC2[C@@]3(C)CC[C@H](OC(=O)[C@H]5CCC[C@@H](C(=O)O)C5)C(C)(C)C3CC[C@]24C)o1. The summed E-state index contributed by atoms with van der Waals surface area (Å²) in [6.45, 7) is 18.0. The molecule has 7 rings (SSSR count). The first-order valence-electron chi connectivity index (χ1n) is 19.7. The molecule has 6 aliphatic carbocycles. The van der Waals surface area contributed by atoms with E-state index in [0.717, 1.165) is 56.9 Å². The lowest BCUT2D eigenvalue weighted by molar-refractivity contribution is -0.215. The number of ether oxygens (including phenoxy) is 1. The minimum Gasteiger partial charge on any atom is -0.481 e. The summed E-state index contributed by atoms with van der Waals surface area (Å²) in [6.07, 6.45) is 10.0. The number of nitrogens with zero attached hydrogens (tertiary/aromatic N) is 2. The summed E-state index contributed by atoms with van der Waals surface area (Å²) in [5.41, 5.74) is 1.54. The van der Waals surface area contributed by atoms with Crippen molar-refractivity contribution in [3.05, 3.63) is 22.9 Å². The van der Waals surface area contributed by atoms with Gasteiger partial charge in [-0.1, -0.05) is 60.5 Å². The number of nitrogens with one attached hydrogen (secondary N) is 1. The van der Waals surface area contributed by atoms with Crippen LogP contribution in [0, 0.1) is 64.1 Å². The van der Waals surface area contributed by atoms with Crippen molar-refractivity contribution >= 4 is 23.6 Å². The van der Waals surface area contributed by atoms with Crippen molar-refractivity contribution in [1.82, 2.24) is 15.5 Å². The van der Waals surface area contributed by atoms with Crippen LogP contribution in [0.25, 0.3) is 0 Å². The Morgan fingerprint density at radius 2 is 1.65 bits per heavy atom. The highest BCUT2D eigenvalue weighted by molar-refractivity contribution is 5.95. The molecule has 1 heterocycles. The number of Topliss-reactive ketones (excluding diaryl/α,β-unsaturated/α-hetero) is 1. The highest BCUT2D eigenvalue weighted by Crippen LogP contribution is 2.75. The van der Waals surface area contributed by atoms with Crippen molar-refractivity contribution in [2.45, 2.75) is 151 Å². The van der Waals surface area contributed by atoms with Crippen LogP contribution in [0.4, 0.5) is 0 Å². The maximum absolute atomic E-state index is 13.9. The molecular weight excluding hydrogens is 646 g/mol. The number of carboxylic acids is 1. The highest BCUT2D eigenvalue weighted by atomic mass is 16.5. The second-order valence-electron chi connectivity index (χ2n) is 19.0. The smallest absolute Gasteiger partial charge is 0.309 e. The third-order valence-electron chi connectivity index (χ3n) is 16.0. The van der Waals surface area contributed by atoms with Crippen molar-refractivity contribution < 1.29 is 33.4 Å². The third kappa shape index (κ3) is 5.37. The Bertz CT molecular complexity index is 1660. The number of carbonyl (C=O) groups is 4. The van der Waals surface area contributed by atoms with Crippen molar-refractivity contribution in [2.75, 3.05) is 0 Å². The minimum atomic E-state index is -0.807. The molecular formula is C41H59N3O7. The number of carbonyl (C=O) groups excluding carboxylic acids is 3. The summed E-state index contributed by atoms with van der Waals surface area (Å²) in [6, 6.07) is 0. The van der Waals surface area contributed by atoms with E-state index in [9.17, 15) is 24.3 Å². The number of allylic oxidation sites excluding steroid dienone is 1. The summed E-state index contributed by atoms with van der Waals surface area (Å²) >= 11 is 0. The Labute approximate surface area is 302 Å². The van der Waals surface area contributed by atoms with Crippen LogP contribution in [0.5, 0.6) is 0 Å². The molecule has 6 aliphatic rings. The zero-order valence-corrected chi connectivity index (χ0v) is 32.0. The number of fused-ring (bicyclic) bond motifs is 6. The predicted octanol–water partition coefficient (Wildman–Crippen LogP) is 7.64. The van der Waals surface area contributed by atoms with Crippen LogP contribution in [0.2, 0.25) is 0 Å². The normalized spacial score (nSPS) is 41.6. The number of aromatic nitrogens is 2. The molecule has 0 spiro atoms. The average molecular weight is 706 g/mol. The van der Waals surface area contributed by atoms with Gasteiger partial charge in [0.15, 0.2) is 0 Å². The molecule has 0 radical (unpaired) electrons. The molecule has 0 aromatic carbocycles. The van der Waals surface area contributed by atoms with E-state index in [1.54, 1.807) is 6.92 Å². The molecule has 0 aliphatic heterocycles. The van der Waals surface area contributed by atoms with E-state index < -0.39 is 23.3 Å². The fourth-order valence-corrected chi connectivity index (χ4v) is 13.4. The van der Waals surface area contributed by atoms with E-state index in [1.807, 2.05) is 0 Å². The minimum absolute atomic E-state index is 0.000691. The Kier molecular flexibility index (Phi) is 8.73. The van der Waals surface area contributed by atoms with E-state index in [4.69, 9.17) is 9.15 Å². The summed E-state index contributed by atoms with van der Waals surface area (Å²) in [7, 11) is 0. The summed E-state index contributed by atoms with van der Waals surface area (Å²) < 4.78 is 11.9. The number of hydrogen-bond acceptors (Lipinski definition) is 8. The number of esters is 1. The second kappa shape index (κ2) is 12.3. The molecule has 1 aromatic heterocycles. The number of hydrogen-bond donors (Lipinski definition) is 2. The van der Waals surface area contributed by atoms with Gasteiger partial charge in [0.05, 0.1) is 17.4 Å². The van der Waals surface area contributed by atoms with Gasteiger partial charge in [0.2, 0.25) is 5.89 Å². The average Bonchev–Trinajstić information content (AvgIpc) is 3.63. The van der Waals surface area contributed by atoms with Crippen LogP contribution in [-0.2, 0) is 19.1 Å². The Morgan fingerprint density at radius 1 is 0.922 bits per heavy atom. The number of aryl methyl sites for hydroxylation is 1. The fourth-order valence-electron chi connectivity index (χ4n) is 13.4. The van der Waals surface area contributed by atoms with Crippen LogP contribution in [0.1, 0.15) is 149 Å². The van der Waals surface area contributed by atoms with Crippen LogP contribution in [0.3, 0.4) is 0 Å². The molecule has 5 saturated carbocycles. The monoisotopic (exact) mass is 705 g/mol. The standard InChI is InChI=1S/C41H59N3O7/c1-22(2)31-27(45)21-41(42-33(46)34-44-43-23(3)50-34)19-18-39(7)26(32(31)41)12-13-29-38(6)16-15-30(37(4,5)28(38)14-17-40(29,39)8)51-36(49)25-11-9-10-24(20-25)35(47)48/h22,24-25,28-31H,9-21H2,1-8H3,(H,42,46)(H,47,48)/t24-,25+,28?,29?,30+,31?,38+,39-,40-,41-/m1/s1. The van der Waals surface area contributed by atoms with Gasteiger partial charge in [-0.15, -0.1) is 10.2 Å². The van der Waals surface area contributed by atoms with E-state index in [2.05, 4.69) is 64.0 Å². The van der Waals surface area contributed by atoms with Gasteiger partial charge >= 0.3 is 23.7 Å². The third-order valence-corrected chi connectivity index (χ3v) is 16.0. The molecule has 10 heteroatoms. The second-order valence-corrected chi connectivity index (χ2v) is 19.0. The summed E-state index contributed by atoms with van der Waals surface area (Å²) in [4.78, 5) is 52.7. The lowest BCUT2D eigenvalue weighted by Crippen LogP contribution is -2.65. The number of amides is 1. The zero-order valence-electron chi connectivity index (χ0n) is 32.0. The maximum atomic E-state index is 13.9. The molecule has 10 nitrogen and oxygen atoms in total. The molecule has 2 N–H and O–H groups in total. The number of ketones is 1. The van der Waals surface area contributed by atoms with Gasteiger partial charge in [-0.25, -0.2) is 0 Å². The molecule has 1 amide bonds. The van der Waals surface area contributed by atoms with E-state index in [-0.39, 0.29) is 63.2 Å². The number of aliphatic carboxylic acids is 1. The molecule has 5 fully saturated rings. The van der Waals surface area contributed by atoms with Gasteiger partial charge in [-0.3, -0.25) is 19.2 Å². The maximum Gasteiger partial charge on any atom is 0.309 e. The van der Waals surface area contributed by atoms with Gasteiger partial charge < -0.3 is 19.6 Å². The van der Waals surface area contributed by atoms with Gasteiger partial charge in [-0.05, 0) is 110 Å². The molecule has 10 atom stereocenters. The molecule has 0 saturated heterocycles. The van der Waals surface area contributed by atoms with Gasteiger partial charge in [0.25, 0.3) is 0 Å². The quantitative estimate of drug-likeness (QED) is 0.225. The molecule has 1 aromatic rings. The molecule has 280 valence electrons. The lowest BCUT2D eigenvalue weighted by atomic mass is 9.34. The number of carboxylic acid groups (broad SMARTS) is 1. The molecule has 3 unspecified atom stereocenters. The largest absolute Gasteiger partial charge is 0.481 e. The van der Waals surface area contributed by atoms with Crippen LogP contribution < -0.4 is 5.32 Å². The van der Waals surface area contributed by atoms with Crippen molar-refractivity contribution in [3.8, 4) is 0 Å². The van der Waals surface area contributed by atoms with Crippen molar-refractivity contribution in [2.24, 2.45) is 57.2 Å². The van der Waals surface area contributed by atoms with E-state index in [0.29, 0.717) is 49.8 Å². The van der Waals surface area contributed by atoms with Gasteiger partial charge in [0.1, 0.15) is 11.9 Å². The Morgan fingerprint density at radius 3 is 2.31 bits per heavy atom. The first-order valence-corrected chi connectivity index (χ1v) is 19.7. The van der Waals surface area contributed by atoms with Crippen molar-refractivity contribution in [1.29, 1.82) is 0 Å². The Balaban J connectivity index is 1.18. The first-order chi connectivity index (χ1) is 23.9. The van der Waals surface area contributed by atoms with Crippen LogP contribution in [-0.4, -0.2) is 50.6 Å². The highest BCUT2D eigenvalue weighted by Gasteiger charge is 2.69. The van der Waals surface area contributed by atoms with E-state index >= 15 is 0 Å². The Hall–Kier alpha value is -3.04. The zero-order chi connectivity index (χ0) is 36.9. The van der Waals surface area contributed by atoms with Crippen LogP contribution >= 0.6 is 0 Å². The molecule has 0 bridgehead atoms. The topological polar surface area (TPSA) is 149 Å². The summed E-state index contributed by atoms with van der Waals surface area (Å²) in [5, 5.41) is 20.8. The van der Waals surface area contributed by atoms with Gasteiger partial charge in [-0.2, -0.15) is 0 Å². The van der Waals surface area contributed by atoms with Crippen molar-refractivity contribution in [3.63, 3.8) is 0 Å². The van der Waals surface area contributed by atoms with Crippen LogP contribution in [0.15, 0.2) is 15.6 Å². The fraction of sp³-hybridized carbons (Fsp3) is 0.805. The van der Waals surface area contributed by atoms with E-state index in [1.165, 1.54) is 5.57 Å². The van der Waals surface area contributed by atoms with Gasteiger partial charge in [0, 0.05) is 24.7 Å². The molecule has 51 heavy (non-hydrogen) atoms. The predicted molar refractivity (Wildman–Crippen MR) is 189 cm³/mol. The lowest BCUT2D eigenvalue weighted by Gasteiger charge is -2.70. The first kappa shape index (κ1) is 36.3. The summed E-state index contributed by atoms with van der Waals surface area (Å²) in [5.74, 6) is -1.01.